The topological polar surface area (TPSA) is 98.2 Å². The number of rotatable bonds is 4. The minimum Gasteiger partial charge on any atom is -0.366 e. The van der Waals surface area contributed by atoms with E-state index in [0.717, 1.165) is 19.3 Å². The highest BCUT2D eigenvalue weighted by Crippen LogP contribution is 2.40. The summed E-state index contributed by atoms with van der Waals surface area (Å²) in [6.45, 7) is 0.373. The van der Waals surface area contributed by atoms with E-state index in [1.807, 2.05) is 0 Å². The van der Waals surface area contributed by atoms with Crippen molar-refractivity contribution >= 4 is 17.5 Å². The third kappa shape index (κ3) is 2.22. The lowest BCUT2D eigenvalue weighted by molar-refractivity contribution is -0.129. The monoisotopic (exact) mass is 247 g/mol. The summed E-state index contributed by atoms with van der Waals surface area (Å²) in [6.07, 6.45) is 2.73. The minimum atomic E-state index is -0.481. The highest BCUT2D eigenvalue weighted by atomic mass is 16.2. The van der Waals surface area contributed by atoms with Gasteiger partial charge in [0.25, 0.3) is 0 Å². The Morgan fingerprint density at radius 3 is 2.22 bits per heavy atom. The molecular weight excluding hydrogens is 230 g/mol. The molecule has 2 amide bonds. The van der Waals surface area contributed by atoms with E-state index < -0.39 is 11.3 Å². The molecule has 96 valence electrons. The van der Waals surface area contributed by atoms with Gasteiger partial charge < -0.3 is 16.8 Å². The van der Waals surface area contributed by atoms with Crippen LogP contribution in [-0.4, -0.2) is 18.4 Å². The maximum Gasteiger partial charge on any atom is 0.248 e. The van der Waals surface area contributed by atoms with Gasteiger partial charge in [0, 0.05) is 17.8 Å². The van der Waals surface area contributed by atoms with Gasteiger partial charge in [0.2, 0.25) is 11.8 Å². The fourth-order valence-electron chi connectivity index (χ4n) is 2.11. The highest BCUT2D eigenvalue weighted by Gasteiger charge is 2.42. The fourth-order valence-corrected chi connectivity index (χ4v) is 2.11. The van der Waals surface area contributed by atoms with Crippen LogP contribution in [-0.2, 0) is 4.79 Å². The Labute approximate surface area is 106 Å². The molecule has 0 radical (unpaired) electrons. The maximum absolute atomic E-state index is 12.1. The van der Waals surface area contributed by atoms with E-state index in [2.05, 4.69) is 5.32 Å². The van der Waals surface area contributed by atoms with E-state index in [4.69, 9.17) is 11.5 Å². The van der Waals surface area contributed by atoms with Gasteiger partial charge >= 0.3 is 0 Å². The molecule has 0 bridgehead atoms. The molecule has 0 atom stereocenters. The average molecular weight is 247 g/mol. The van der Waals surface area contributed by atoms with Gasteiger partial charge in [-0.3, -0.25) is 9.59 Å². The van der Waals surface area contributed by atoms with Gasteiger partial charge in [-0.25, -0.2) is 0 Å². The van der Waals surface area contributed by atoms with Crippen LogP contribution in [0.3, 0.4) is 0 Å². The van der Waals surface area contributed by atoms with Crippen molar-refractivity contribution in [3.8, 4) is 0 Å². The second-order valence-corrected chi connectivity index (χ2v) is 4.73. The number of primary amides is 1. The van der Waals surface area contributed by atoms with Gasteiger partial charge in [-0.1, -0.05) is 6.42 Å². The first kappa shape index (κ1) is 12.6. The van der Waals surface area contributed by atoms with Gasteiger partial charge in [0.05, 0.1) is 5.41 Å². The summed E-state index contributed by atoms with van der Waals surface area (Å²) in [5, 5.41) is 2.83. The number of hydrogen-bond donors (Lipinski definition) is 3. The van der Waals surface area contributed by atoms with Crippen LogP contribution in [0.25, 0.3) is 0 Å². The van der Waals surface area contributed by atoms with Crippen molar-refractivity contribution in [2.45, 2.75) is 19.3 Å². The Bertz CT molecular complexity index is 458. The van der Waals surface area contributed by atoms with Crippen LogP contribution in [0.1, 0.15) is 29.6 Å². The van der Waals surface area contributed by atoms with Crippen molar-refractivity contribution in [1.29, 1.82) is 0 Å². The number of nitrogens with two attached hydrogens (primary N) is 2. The molecule has 1 aliphatic rings. The molecule has 5 nitrogen and oxygen atoms in total. The second kappa shape index (κ2) is 4.78. The lowest BCUT2D eigenvalue weighted by Crippen LogP contribution is -2.47. The van der Waals surface area contributed by atoms with E-state index in [-0.39, 0.29) is 5.91 Å². The molecule has 0 unspecified atom stereocenters. The molecule has 0 heterocycles. The molecule has 2 rings (SSSR count). The van der Waals surface area contributed by atoms with Crippen molar-refractivity contribution in [3.63, 3.8) is 0 Å². The average Bonchev–Trinajstić information content (AvgIpc) is 2.29. The predicted octanol–water partition coefficient (Wildman–Crippen LogP) is 0.853. The largest absolute Gasteiger partial charge is 0.366 e. The second-order valence-electron chi connectivity index (χ2n) is 4.73. The van der Waals surface area contributed by atoms with E-state index >= 15 is 0 Å². The van der Waals surface area contributed by atoms with Crippen LogP contribution in [0.4, 0.5) is 5.69 Å². The lowest BCUT2D eigenvalue weighted by atomic mass is 9.68. The van der Waals surface area contributed by atoms with Crippen molar-refractivity contribution in [2.24, 2.45) is 16.9 Å². The van der Waals surface area contributed by atoms with Crippen LogP contribution in [0.15, 0.2) is 24.3 Å². The highest BCUT2D eigenvalue weighted by molar-refractivity contribution is 5.97. The van der Waals surface area contributed by atoms with Crippen LogP contribution in [0, 0.1) is 5.41 Å². The lowest BCUT2D eigenvalue weighted by Gasteiger charge is -2.39. The van der Waals surface area contributed by atoms with Crippen molar-refractivity contribution in [3.05, 3.63) is 29.8 Å². The molecule has 1 aromatic carbocycles. The summed E-state index contributed by atoms with van der Waals surface area (Å²) in [7, 11) is 0. The zero-order valence-corrected chi connectivity index (χ0v) is 10.1. The third-order valence-electron chi connectivity index (χ3n) is 3.61. The molecule has 5 N–H and O–H groups in total. The number of amides is 2. The van der Waals surface area contributed by atoms with Gasteiger partial charge in [0.15, 0.2) is 0 Å². The molecule has 0 saturated heterocycles. The molecule has 18 heavy (non-hydrogen) atoms. The minimum absolute atomic E-state index is 0.0388. The van der Waals surface area contributed by atoms with Crippen molar-refractivity contribution in [2.75, 3.05) is 11.9 Å². The maximum atomic E-state index is 12.1. The van der Waals surface area contributed by atoms with Crippen molar-refractivity contribution in [1.82, 2.24) is 0 Å². The zero-order valence-electron chi connectivity index (χ0n) is 10.1. The first-order chi connectivity index (χ1) is 8.57. The predicted molar refractivity (Wildman–Crippen MR) is 68.9 cm³/mol. The van der Waals surface area contributed by atoms with Crippen LogP contribution >= 0.6 is 0 Å². The standard InChI is InChI=1S/C13H17N3O2/c14-8-13(6-1-7-13)12(18)16-10-4-2-9(3-5-10)11(15)17/h2-5H,1,6-8,14H2,(H2,15,17)(H,16,18). The van der Waals surface area contributed by atoms with Crippen molar-refractivity contribution < 1.29 is 9.59 Å². The number of carbonyl (C=O) groups excluding carboxylic acids is 2. The van der Waals surface area contributed by atoms with E-state index in [0.29, 0.717) is 17.8 Å². The number of carbonyl (C=O) groups is 2. The molecule has 1 fully saturated rings. The summed E-state index contributed by atoms with van der Waals surface area (Å²) < 4.78 is 0. The molecule has 0 aliphatic heterocycles. The number of benzene rings is 1. The molecule has 1 aromatic rings. The molecule has 1 saturated carbocycles. The number of nitrogens with one attached hydrogen (secondary N) is 1. The Morgan fingerprint density at radius 2 is 1.83 bits per heavy atom. The van der Waals surface area contributed by atoms with E-state index in [1.54, 1.807) is 24.3 Å². The Morgan fingerprint density at radius 1 is 1.22 bits per heavy atom. The normalized spacial score (nSPS) is 16.7. The molecule has 0 spiro atoms. The Balaban J connectivity index is 2.05. The summed E-state index contributed by atoms with van der Waals surface area (Å²) in [4.78, 5) is 23.0. The first-order valence-corrected chi connectivity index (χ1v) is 5.99. The zero-order chi connectivity index (χ0) is 13.2. The fraction of sp³-hybridized carbons (Fsp3) is 0.385. The van der Waals surface area contributed by atoms with Gasteiger partial charge in [0.1, 0.15) is 0 Å². The van der Waals surface area contributed by atoms with Gasteiger partial charge in [-0.05, 0) is 37.1 Å². The third-order valence-corrected chi connectivity index (χ3v) is 3.61. The molecule has 5 heteroatoms. The quantitative estimate of drug-likeness (QED) is 0.735. The van der Waals surface area contributed by atoms with Gasteiger partial charge in [-0.2, -0.15) is 0 Å². The van der Waals surface area contributed by atoms with Crippen LogP contribution in [0.5, 0.6) is 0 Å². The van der Waals surface area contributed by atoms with E-state index in [1.165, 1.54) is 0 Å². The molecule has 0 aromatic heterocycles. The number of hydrogen-bond acceptors (Lipinski definition) is 3. The SMILES string of the molecule is NCC1(C(=O)Nc2ccc(C(N)=O)cc2)CCC1. The summed E-state index contributed by atoms with van der Waals surface area (Å²) in [5.74, 6) is -0.520. The summed E-state index contributed by atoms with van der Waals surface area (Å²) in [6, 6.07) is 6.52. The smallest absolute Gasteiger partial charge is 0.248 e. The first-order valence-electron chi connectivity index (χ1n) is 5.99. The Kier molecular flexibility index (Phi) is 3.34. The van der Waals surface area contributed by atoms with Crippen LogP contribution < -0.4 is 16.8 Å². The Hall–Kier alpha value is -1.88. The van der Waals surface area contributed by atoms with E-state index in [9.17, 15) is 9.59 Å². The summed E-state index contributed by atoms with van der Waals surface area (Å²) >= 11 is 0. The van der Waals surface area contributed by atoms with Crippen LogP contribution in [0.2, 0.25) is 0 Å². The molecule has 1 aliphatic carbocycles. The summed E-state index contributed by atoms with van der Waals surface area (Å²) in [5.41, 5.74) is 11.5. The molecular formula is C13H17N3O2. The van der Waals surface area contributed by atoms with Gasteiger partial charge in [-0.15, -0.1) is 0 Å². The number of anilines is 1.